The third-order valence-electron chi connectivity index (χ3n) is 7.85. The number of carbonyl (C=O) groups is 2. The average molecular weight is 461 g/mol. The van der Waals surface area contributed by atoms with Crippen LogP contribution in [0.2, 0.25) is 0 Å². The Morgan fingerprint density at radius 1 is 1.06 bits per heavy atom. The number of rotatable bonds is 12. The number of amides is 1. The van der Waals surface area contributed by atoms with Gasteiger partial charge in [-0.1, -0.05) is 57.1 Å². The number of carboxylic acids is 1. The molecule has 3 fully saturated rings. The van der Waals surface area contributed by atoms with Crippen molar-refractivity contribution in [2.24, 2.45) is 22.7 Å². The third kappa shape index (κ3) is 6.58. The Kier molecular flexibility index (Phi) is 8.82. The number of aliphatic carboxylic acids is 1. The third-order valence-corrected chi connectivity index (χ3v) is 7.85. The van der Waals surface area contributed by atoms with Crippen LogP contribution in [0.1, 0.15) is 83.5 Å². The molecule has 4 aliphatic rings. The highest BCUT2D eigenvalue weighted by molar-refractivity contribution is 5.90. The molecule has 33 heavy (non-hydrogen) atoms. The second-order valence-electron chi connectivity index (χ2n) is 10.2. The number of allylic oxidation sites excluding steroid dienone is 2. The summed E-state index contributed by atoms with van der Waals surface area (Å²) < 4.78 is 12.1. The number of unbranched alkanes of at least 4 members (excludes halogenated alkanes) is 1. The van der Waals surface area contributed by atoms with E-state index in [4.69, 9.17) is 14.6 Å². The molecule has 3 aliphatic heterocycles. The van der Waals surface area contributed by atoms with Gasteiger partial charge in [0.15, 0.2) is 11.9 Å². The molecule has 0 aromatic rings. The molecule has 0 spiro atoms. The first-order valence-electron chi connectivity index (χ1n) is 13.1. The van der Waals surface area contributed by atoms with Gasteiger partial charge >= 0.3 is 5.97 Å². The van der Waals surface area contributed by atoms with Crippen LogP contribution in [-0.2, 0) is 19.1 Å². The molecule has 4 rings (SSSR count). The fourth-order valence-corrected chi connectivity index (χ4v) is 6.07. The molecule has 1 amide bonds. The summed E-state index contributed by atoms with van der Waals surface area (Å²) in [7, 11) is 0. The van der Waals surface area contributed by atoms with Gasteiger partial charge in [-0.15, -0.1) is 0 Å². The van der Waals surface area contributed by atoms with Crippen molar-refractivity contribution in [3.8, 4) is 0 Å². The second kappa shape index (κ2) is 12.0. The molecule has 184 valence electrons. The van der Waals surface area contributed by atoms with Gasteiger partial charge < -0.3 is 19.9 Å². The molecule has 0 radical (unpaired) electrons. The van der Waals surface area contributed by atoms with E-state index in [2.05, 4.69) is 16.4 Å². The summed E-state index contributed by atoms with van der Waals surface area (Å²) in [6.07, 6.45) is 18.4. The van der Waals surface area contributed by atoms with E-state index in [1.807, 2.05) is 6.08 Å². The lowest BCUT2D eigenvalue weighted by Crippen LogP contribution is -2.35. The molecular formula is C26H40N2O5. The van der Waals surface area contributed by atoms with Crippen LogP contribution in [0.5, 0.6) is 0 Å². The Labute approximate surface area is 197 Å². The smallest absolute Gasteiger partial charge is 0.303 e. The predicted octanol–water partition coefficient (Wildman–Crippen LogP) is 4.26. The number of nitrogens with one attached hydrogen (secondary N) is 1. The molecule has 7 heteroatoms. The van der Waals surface area contributed by atoms with Gasteiger partial charge in [-0.05, 0) is 38.0 Å². The van der Waals surface area contributed by atoms with Crippen LogP contribution < -0.4 is 5.32 Å². The van der Waals surface area contributed by atoms with Gasteiger partial charge in [-0.3, -0.25) is 9.59 Å². The summed E-state index contributed by atoms with van der Waals surface area (Å²) in [6.45, 7) is 1.03. The van der Waals surface area contributed by atoms with Gasteiger partial charge in [0.05, 0.1) is 18.1 Å². The number of carbonyl (C=O) groups excluding carboxylic acids is 1. The Balaban J connectivity index is 1.21. The van der Waals surface area contributed by atoms with Crippen molar-refractivity contribution in [2.45, 2.75) is 102 Å². The molecule has 0 aromatic carbocycles. The van der Waals surface area contributed by atoms with Crippen LogP contribution in [-0.4, -0.2) is 54.3 Å². The van der Waals surface area contributed by atoms with Crippen LogP contribution in [0.4, 0.5) is 0 Å². The van der Waals surface area contributed by atoms with Crippen molar-refractivity contribution >= 4 is 17.8 Å². The van der Waals surface area contributed by atoms with Gasteiger partial charge in [0.1, 0.15) is 6.61 Å². The lowest BCUT2D eigenvalue weighted by Gasteiger charge is -2.26. The first-order valence-corrected chi connectivity index (χ1v) is 13.1. The highest BCUT2D eigenvalue weighted by atomic mass is 16.5. The molecule has 0 aromatic heterocycles. The quantitative estimate of drug-likeness (QED) is 0.335. The van der Waals surface area contributed by atoms with Gasteiger partial charge in [-0.2, -0.15) is 0 Å². The number of aliphatic imine (C=N–C) groups is 1. The summed E-state index contributed by atoms with van der Waals surface area (Å²) in [5, 5.41) is 11.8. The fourth-order valence-electron chi connectivity index (χ4n) is 6.07. The van der Waals surface area contributed by atoms with Crippen LogP contribution in [0.3, 0.4) is 0 Å². The zero-order chi connectivity index (χ0) is 23.0. The number of ether oxygens (including phenoxy) is 2. The summed E-state index contributed by atoms with van der Waals surface area (Å²) in [5.74, 6) is 1.16. The highest BCUT2D eigenvalue weighted by Gasteiger charge is 2.52. The summed E-state index contributed by atoms with van der Waals surface area (Å²) in [6, 6.07) is -0.454. The van der Waals surface area contributed by atoms with E-state index < -0.39 is 12.0 Å². The predicted molar refractivity (Wildman–Crippen MR) is 126 cm³/mol. The standard InChI is InChI=1S/C26H40N2O5/c29-23(30)13-6-2-5-12-19-21-14-15-22(33-21)24(19)26-28-20(17-32-26)25(31)27-16-8-7-11-18-9-3-1-4-10-18/h2,5,18-22,24H,1,3-4,6-17H2,(H,27,31)(H,29,30)/t19-,20?,21-,22+,24-/m0/s1. The van der Waals surface area contributed by atoms with Crippen LogP contribution in [0.15, 0.2) is 17.1 Å². The van der Waals surface area contributed by atoms with Crippen LogP contribution in [0.25, 0.3) is 0 Å². The molecule has 1 saturated carbocycles. The van der Waals surface area contributed by atoms with E-state index in [1.165, 1.54) is 44.9 Å². The summed E-state index contributed by atoms with van der Waals surface area (Å²) >= 11 is 0. The van der Waals surface area contributed by atoms with Crippen LogP contribution in [0, 0.1) is 17.8 Å². The zero-order valence-electron chi connectivity index (χ0n) is 19.8. The molecule has 1 aliphatic carbocycles. The minimum Gasteiger partial charge on any atom is -0.481 e. The maximum absolute atomic E-state index is 12.6. The van der Waals surface area contributed by atoms with E-state index in [-0.39, 0.29) is 36.4 Å². The maximum Gasteiger partial charge on any atom is 0.303 e. The van der Waals surface area contributed by atoms with Crippen molar-refractivity contribution in [2.75, 3.05) is 13.2 Å². The number of carboxylic acid groups (broad SMARTS) is 1. The number of nitrogens with zero attached hydrogens (tertiary/aromatic N) is 1. The van der Waals surface area contributed by atoms with E-state index in [0.29, 0.717) is 25.5 Å². The Hall–Kier alpha value is -1.89. The van der Waals surface area contributed by atoms with Crippen LogP contribution >= 0.6 is 0 Å². The number of hydrogen-bond donors (Lipinski definition) is 2. The lowest BCUT2D eigenvalue weighted by atomic mass is 9.77. The van der Waals surface area contributed by atoms with Crippen molar-refractivity contribution in [3.63, 3.8) is 0 Å². The van der Waals surface area contributed by atoms with E-state index in [0.717, 1.165) is 31.6 Å². The molecule has 2 saturated heterocycles. The van der Waals surface area contributed by atoms with E-state index in [1.54, 1.807) is 0 Å². The minimum atomic E-state index is -0.775. The fraction of sp³-hybridized carbons (Fsp3) is 0.808. The SMILES string of the molecule is O=C(O)CCC=CC[C@@H]1[C@H](C2=NC(C(=O)NCCCCC3CCCCC3)CO2)[C@H]2CC[C@@H]1O2. The molecule has 1 unspecified atom stereocenters. The first kappa shape index (κ1) is 24.2. The van der Waals surface area contributed by atoms with Gasteiger partial charge in [-0.25, -0.2) is 4.99 Å². The molecular weight excluding hydrogens is 420 g/mol. The van der Waals surface area contributed by atoms with E-state index >= 15 is 0 Å². The monoisotopic (exact) mass is 460 g/mol. The van der Waals surface area contributed by atoms with E-state index in [9.17, 15) is 9.59 Å². The maximum atomic E-state index is 12.6. The topological polar surface area (TPSA) is 97.2 Å². The normalized spacial score (nSPS) is 31.6. The highest BCUT2D eigenvalue weighted by Crippen LogP contribution is 2.46. The first-order chi connectivity index (χ1) is 16.1. The Morgan fingerprint density at radius 2 is 1.88 bits per heavy atom. The molecule has 3 heterocycles. The molecule has 2 N–H and O–H groups in total. The Morgan fingerprint density at radius 3 is 2.70 bits per heavy atom. The number of hydrogen-bond acceptors (Lipinski definition) is 5. The molecule has 7 nitrogen and oxygen atoms in total. The number of fused-ring (bicyclic) bond motifs is 2. The van der Waals surface area contributed by atoms with Crippen molar-refractivity contribution in [1.82, 2.24) is 5.32 Å². The van der Waals surface area contributed by atoms with Gasteiger partial charge in [0, 0.05) is 18.9 Å². The van der Waals surface area contributed by atoms with Gasteiger partial charge in [0.2, 0.25) is 5.91 Å². The Bertz CT molecular complexity index is 730. The van der Waals surface area contributed by atoms with Crippen molar-refractivity contribution in [1.29, 1.82) is 0 Å². The summed E-state index contributed by atoms with van der Waals surface area (Å²) in [5.41, 5.74) is 0. The average Bonchev–Trinajstić information content (AvgIpc) is 3.55. The van der Waals surface area contributed by atoms with Crippen molar-refractivity contribution < 1.29 is 24.2 Å². The molecule has 2 bridgehead atoms. The second-order valence-corrected chi connectivity index (χ2v) is 10.2. The van der Waals surface area contributed by atoms with Crippen molar-refractivity contribution in [3.05, 3.63) is 12.2 Å². The van der Waals surface area contributed by atoms with Gasteiger partial charge in [0.25, 0.3) is 0 Å². The minimum absolute atomic E-state index is 0.0307. The zero-order valence-corrected chi connectivity index (χ0v) is 19.8. The molecule has 5 atom stereocenters. The largest absolute Gasteiger partial charge is 0.481 e. The lowest BCUT2D eigenvalue weighted by molar-refractivity contribution is -0.136. The summed E-state index contributed by atoms with van der Waals surface area (Å²) in [4.78, 5) is 28.0.